The third-order valence-corrected chi connectivity index (χ3v) is 6.39. The predicted molar refractivity (Wildman–Crippen MR) is 107 cm³/mol. The molecule has 1 amide bonds. The SMILES string of the molecule is O=C1CCCN1C[C@@H]1CC[C@@]2(COCCN(Cc3ccc4[nH]ccc4c3)C2)O1. The highest BCUT2D eigenvalue weighted by Gasteiger charge is 2.43. The molecule has 150 valence electrons. The fourth-order valence-corrected chi connectivity index (χ4v) is 4.97. The number of hydrogen-bond donors (Lipinski definition) is 1. The molecule has 4 heterocycles. The van der Waals surface area contributed by atoms with Crippen LogP contribution in [0, 0.1) is 0 Å². The van der Waals surface area contributed by atoms with Crippen LogP contribution < -0.4 is 0 Å². The Bertz CT molecular complexity index is 850. The topological polar surface area (TPSA) is 57.8 Å². The van der Waals surface area contributed by atoms with Gasteiger partial charge in [0.1, 0.15) is 5.60 Å². The Balaban J connectivity index is 1.24. The summed E-state index contributed by atoms with van der Waals surface area (Å²) in [5.74, 6) is 0.281. The Kier molecular flexibility index (Phi) is 4.87. The first-order valence-electron chi connectivity index (χ1n) is 10.5. The van der Waals surface area contributed by atoms with E-state index in [0.717, 1.165) is 58.6 Å². The van der Waals surface area contributed by atoms with Gasteiger partial charge in [0, 0.05) is 50.9 Å². The summed E-state index contributed by atoms with van der Waals surface area (Å²) < 4.78 is 12.5. The molecular weight excluding hydrogens is 354 g/mol. The molecule has 6 heteroatoms. The second-order valence-corrected chi connectivity index (χ2v) is 8.57. The van der Waals surface area contributed by atoms with Crippen molar-refractivity contribution in [2.24, 2.45) is 0 Å². The number of hydrogen-bond acceptors (Lipinski definition) is 4. The summed E-state index contributed by atoms with van der Waals surface area (Å²) in [5.41, 5.74) is 2.27. The Hall–Kier alpha value is -1.89. The smallest absolute Gasteiger partial charge is 0.222 e. The van der Waals surface area contributed by atoms with E-state index in [9.17, 15) is 4.79 Å². The molecule has 3 fully saturated rings. The van der Waals surface area contributed by atoms with Gasteiger partial charge >= 0.3 is 0 Å². The van der Waals surface area contributed by atoms with Gasteiger partial charge in [-0.25, -0.2) is 0 Å². The van der Waals surface area contributed by atoms with E-state index >= 15 is 0 Å². The second kappa shape index (κ2) is 7.50. The third-order valence-electron chi connectivity index (χ3n) is 6.39. The van der Waals surface area contributed by atoms with Gasteiger partial charge in [-0.15, -0.1) is 0 Å². The highest BCUT2D eigenvalue weighted by molar-refractivity contribution is 5.80. The fourth-order valence-electron chi connectivity index (χ4n) is 4.97. The van der Waals surface area contributed by atoms with Gasteiger partial charge in [0.05, 0.1) is 19.3 Å². The van der Waals surface area contributed by atoms with Crippen LogP contribution in [0.2, 0.25) is 0 Å². The largest absolute Gasteiger partial charge is 0.377 e. The number of rotatable bonds is 4. The highest BCUT2D eigenvalue weighted by atomic mass is 16.6. The zero-order chi connectivity index (χ0) is 19.0. The van der Waals surface area contributed by atoms with Crippen molar-refractivity contribution in [3.8, 4) is 0 Å². The van der Waals surface area contributed by atoms with Crippen LogP contribution in [0.25, 0.3) is 10.9 Å². The maximum atomic E-state index is 11.9. The van der Waals surface area contributed by atoms with Crippen LogP contribution in [-0.2, 0) is 20.8 Å². The first kappa shape index (κ1) is 18.2. The van der Waals surface area contributed by atoms with Crippen LogP contribution in [0.15, 0.2) is 30.5 Å². The van der Waals surface area contributed by atoms with E-state index < -0.39 is 0 Å². The van der Waals surface area contributed by atoms with Crippen LogP contribution in [0.1, 0.15) is 31.2 Å². The summed E-state index contributed by atoms with van der Waals surface area (Å²) in [6.45, 7) is 5.75. The molecule has 3 aliphatic heterocycles. The third kappa shape index (κ3) is 3.69. The average Bonchev–Trinajstić information content (AvgIpc) is 3.37. The molecule has 6 nitrogen and oxygen atoms in total. The quantitative estimate of drug-likeness (QED) is 0.882. The number of ether oxygens (including phenoxy) is 2. The zero-order valence-electron chi connectivity index (χ0n) is 16.4. The van der Waals surface area contributed by atoms with Gasteiger partial charge < -0.3 is 19.4 Å². The van der Waals surface area contributed by atoms with Crippen molar-refractivity contribution in [2.75, 3.05) is 39.4 Å². The minimum absolute atomic E-state index is 0.141. The zero-order valence-corrected chi connectivity index (χ0v) is 16.4. The maximum absolute atomic E-state index is 11.9. The number of amides is 1. The van der Waals surface area contributed by atoms with Gasteiger partial charge in [0.2, 0.25) is 5.91 Å². The van der Waals surface area contributed by atoms with Crippen molar-refractivity contribution >= 4 is 16.8 Å². The molecule has 1 spiro atoms. The molecule has 0 bridgehead atoms. The van der Waals surface area contributed by atoms with E-state index in [4.69, 9.17) is 9.47 Å². The van der Waals surface area contributed by atoms with E-state index in [1.807, 2.05) is 11.1 Å². The van der Waals surface area contributed by atoms with Crippen LogP contribution in [-0.4, -0.2) is 71.8 Å². The number of carbonyl (C=O) groups excluding carboxylic acids is 1. The van der Waals surface area contributed by atoms with Crippen molar-refractivity contribution in [1.29, 1.82) is 0 Å². The van der Waals surface area contributed by atoms with Crippen LogP contribution >= 0.6 is 0 Å². The molecule has 1 N–H and O–H groups in total. The van der Waals surface area contributed by atoms with E-state index in [2.05, 4.69) is 34.1 Å². The Morgan fingerprint density at radius 2 is 2.21 bits per heavy atom. The minimum Gasteiger partial charge on any atom is -0.377 e. The number of fused-ring (bicyclic) bond motifs is 1. The molecule has 1 aromatic carbocycles. The van der Waals surface area contributed by atoms with Crippen LogP contribution in [0.5, 0.6) is 0 Å². The first-order valence-corrected chi connectivity index (χ1v) is 10.5. The lowest BCUT2D eigenvalue weighted by atomic mass is 9.99. The molecule has 3 aliphatic rings. The summed E-state index contributed by atoms with van der Waals surface area (Å²) in [5, 5.41) is 1.26. The second-order valence-electron chi connectivity index (χ2n) is 8.57. The molecule has 28 heavy (non-hydrogen) atoms. The standard InChI is InChI=1S/C22H29N3O3/c26-21-2-1-9-25(21)14-19-5-7-22(28-19)15-24(10-11-27-16-22)13-17-3-4-20-18(12-17)6-8-23-20/h3-4,6,8,12,19,23H,1-2,5,7,9-11,13-16H2/t19-,22+/m0/s1. The van der Waals surface area contributed by atoms with E-state index in [-0.39, 0.29) is 17.6 Å². The van der Waals surface area contributed by atoms with E-state index in [0.29, 0.717) is 13.0 Å². The van der Waals surface area contributed by atoms with Crippen LogP contribution in [0.3, 0.4) is 0 Å². The normalized spacial score (nSPS) is 29.2. The average molecular weight is 383 g/mol. The number of carbonyl (C=O) groups is 1. The summed E-state index contributed by atoms with van der Waals surface area (Å²) >= 11 is 0. The lowest BCUT2D eigenvalue weighted by Crippen LogP contribution is -2.45. The van der Waals surface area contributed by atoms with Crippen molar-refractivity contribution in [3.63, 3.8) is 0 Å². The molecule has 2 aromatic rings. The van der Waals surface area contributed by atoms with Crippen LogP contribution in [0.4, 0.5) is 0 Å². The summed E-state index contributed by atoms with van der Waals surface area (Å²) in [4.78, 5) is 19.6. The molecule has 2 atom stereocenters. The summed E-state index contributed by atoms with van der Waals surface area (Å²) in [6, 6.07) is 8.75. The van der Waals surface area contributed by atoms with Gasteiger partial charge in [0.25, 0.3) is 0 Å². The lowest BCUT2D eigenvalue weighted by molar-refractivity contribution is -0.132. The Morgan fingerprint density at radius 3 is 3.11 bits per heavy atom. The van der Waals surface area contributed by atoms with Gasteiger partial charge in [-0.2, -0.15) is 0 Å². The molecule has 0 aliphatic carbocycles. The predicted octanol–water partition coefficient (Wildman–Crippen LogP) is 2.54. The number of nitrogens with one attached hydrogen (secondary N) is 1. The molecular formula is C22H29N3O3. The van der Waals surface area contributed by atoms with Gasteiger partial charge in [-0.3, -0.25) is 9.69 Å². The summed E-state index contributed by atoms with van der Waals surface area (Å²) in [7, 11) is 0. The number of nitrogens with zero attached hydrogens (tertiary/aromatic N) is 2. The number of likely N-dealkylation sites (tertiary alicyclic amines) is 1. The molecule has 3 saturated heterocycles. The number of H-pyrrole nitrogens is 1. The number of aromatic nitrogens is 1. The number of benzene rings is 1. The number of aromatic amines is 1. The maximum Gasteiger partial charge on any atom is 0.222 e. The van der Waals surface area contributed by atoms with Crippen molar-refractivity contribution in [3.05, 3.63) is 36.0 Å². The lowest BCUT2D eigenvalue weighted by Gasteiger charge is -2.32. The van der Waals surface area contributed by atoms with Gasteiger partial charge in [-0.1, -0.05) is 6.07 Å². The van der Waals surface area contributed by atoms with Crippen molar-refractivity contribution in [2.45, 2.75) is 43.9 Å². The van der Waals surface area contributed by atoms with E-state index in [1.54, 1.807) is 0 Å². The first-order chi connectivity index (χ1) is 13.7. The van der Waals surface area contributed by atoms with Crippen molar-refractivity contribution in [1.82, 2.24) is 14.8 Å². The monoisotopic (exact) mass is 383 g/mol. The Labute approximate surface area is 165 Å². The molecule has 1 aromatic heterocycles. The highest BCUT2D eigenvalue weighted by Crippen LogP contribution is 2.34. The summed E-state index contributed by atoms with van der Waals surface area (Å²) in [6.07, 6.45) is 5.82. The Morgan fingerprint density at radius 1 is 1.25 bits per heavy atom. The molecule has 0 radical (unpaired) electrons. The van der Waals surface area contributed by atoms with Gasteiger partial charge in [0.15, 0.2) is 0 Å². The van der Waals surface area contributed by atoms with E-state index in [1.165, 1.54) is 16.5 Å². The molecule has 5 rings (SSSR count). The minimum atomic E-state index is -0.234. The van der Waals surface area contributed by atoms with Gasteiger partial charge in [-0.05, 0) is 48.4 Å². The van der Waals surface area contributed by atoms with Crippen molar-refractivity contribution < 1.29 is 14.3 Å². The fraction of sp³-hybridized carbons (Fsp3) is 0.591. The molecule has 0 saturated carbocycles. The molecule has 0 unspecified atom stereocenters.